The summed E-state index contributed by atoms with van der Waals surface area (Å²) < 4.78 is 5.32. The van der Waals surface area contributed by atoms with Gasteiger partial charge in [-0.3, -0.25) is 9.59 Å². The minimum Gasteiger partial charge on any atom is -0.385 e. The Balaban J connectivity index is 1.78. The molecule has 0 saturated carbocycles. The van der Waals surface area contributed by atoms with Gasteiger partial charge in [-0.1, -0.05) is 6.42 Å². The van der Waals surface area contributed by atoms with Crippen molar-refractivity contribution in [3.63, 3.8) is 0 Å². The summed E-state index contributed by atoms with van der Waals surface area (Å²) >= 11 is 0. The lowest BCUT2D eigenvalue weighted by Crippen LogP contribution is -2.50. The first kappa shape index (κ1) is 15.3. The molecule has 6 heteroatoms. The Morgan fingerprint density at radius 3 is 3.00 bits per heavy atom. The molecule has 6 nitrogen and oxygen atoms in total. The second kappa shape index (κ2) is 6.54. The molecule has 2 aliphatic rings. The average molecular weight is 284 g/mol. The predicted octanol–water partition coefficient (Wildman–Crippen LogP) is 0.0451. The molecule has 0 aromatic carbocycles. The molecule has 0 aliphatic carbocycles. The third kappa shape index (κ3) is 3.70. The number of likely N-dealkylation sites (tertiary alicyclic amines) is 1. The van der Waals surface area contributed by atoms with E-state index in [1.165, 1.54) is 0 Å². The van der Waals surface area contributed by atoms with Gasteiger partial charge in [0.05, 0.1) is 12.6 Å². The van der Waals surface area contributed by atoms with Crippen molar-refractivity contribution in [2.45, 2.75) is 50.7 Å². The van der Waals surface area contributed by atoms with Crippen molar-refractivity contribution >= 4 is 11.8 Å². The summed E-state index contributed by atoms with van der Waals surface area (Å²) in [6.07, 6.45) is 3.68. The first-order valence-electron chi connectivity index (χ1n) is 7.40. The van der Waals surface area contributed by atoms with Gasteiger partial charge in [-0.05, 0) is 19.8 Å². The van der Waals surface area contributed by atoms with E-state index in [9.17, 15) is 14.7 Å². The third-order valence-corrected chi connectivity index (χ3v) is 4.26. The molecule has 0 radical (unpaired) electrons. The summed E-state index contributed by atoms with van der Waals surface area (Å²) in [7, 11) is 0. The molecule has 2 rings (SSSR count). The van der Waals surface area contributed by atoms with Gasteiger partial charge in [0, 0.05) is 32.5 Å². The minimum atomic E-state index is -0.988. The monoisotopic (exact) mass is 284 g/mol. The Labute approximate surface area is 119 Å². The van der Waals surface area contributed by atoms with Crippen LogP contribution in [0.1, 0.15) is 39.0 Å². The van der Waals surface area contributed by atoms with E-state index < -0.39 is 5.60 Å². The number of rotatable bonds is 4. The Morgan fingerprint density at radius 2 is 2.30 bits per heavy atom. The van der Waals surface area contributed by atoms with Crippen molar-refractivity contribution in [3.8, 4) is 0 Å². The van der Waals surface area contributed by atoms with E-state index in [1.807, 2.05) is 0 Å². The van der Waals surface area contributed by atoms with E-state index in [2.05, 4.69) is 5.32 Å². The van der Waals surface area contributed by atoms with Gasteiger partial charge in [0.2, 0.25) is 11.8 Å². The molecular weight excluding hydrogens is 260 g/mol. The molecule has 0 aromatic rings. The zero-order valence-electron chi connectivity index (χ0n) is 12.1. The highest BCUT2D eigenvalue weighted by atomic mass is 16.5. The topological polar surface area (TPSA) is 78.9 Å². The van der Waals surface area contributed by atoms with E-state index in [0.717, 1.165) is 19.3 Å². The van der Waals surface area contributed by atoms with Crippen LogP contribution < -0.4 is 5.32 Å². The SMILES string of the molecule is CC1OCCC1(O)CNC(=O)CN1CCCCCC1=O. The highest BCUT2D eigenvalue weighted by molar-refractivity contribution is 5.84. The number of carbonyl (C=O) groups is 2. The average Bonchev–Trinajstić information content (AvgIpc) is 2.61. The lowest BCUT2D eigenvalue weighted by molar-refractivity contribution is -0.136. The van der Waals surface area contributed by atoms with E-state index in [1.54, 1.807) is 11.8 Å². The van der Waals surface area contributed by atoms with Crippen molar-refractivity contribution < 1.29 is 19.4 Å². The Hall–Kier alpha value is -1.14. The Bertz CT molecular complexity index is 374. The minimum absolute atomic E-state index is 0.0499. The summed E-state index contributed by atoms with van der Waals surface area (Å²) in [6.45, 7) is 3.23. The molecule has 0 aromatic heterocycles. The first-order chi connectivity index (χ1) is 9.51. The molecule has 2 heterocycles. The van der Waals surface area contributed by atoms with Crippen LogP contribution in [0.15, 0.2) is 0 Å². The molecule has 2 atom stereocenters. The van der Waals surface area contributed by atoms with E-state index in [-0.39, 0.29) is 31.0 Å². The quantitative estimate of drug-likeness (QED) is 0.764. The first-order valence-corrected chi connectivity index (χ1v) is 7.40. The number of aliphatic hydroxyl groups is 1. The predicted molar refractivity (Wildman–Crippen MR) is 73.0 cm³/mol. The van der Waals surface area contributed by atoms with Crippen LogP contribution in [0.3, 0.4) is 0 Å². The van der Waals surface area contributed by atoms with Crippen molar-refractivity contribution in [2.24, 2.45) is 0 Å². The van der Waals surface area contributed by atoms with Gasteiger partial charge in [0.25, 0.3) is 0 Å². The van der Waals surface area contributed by atoms with Gasteiger partial charge in [-0.15, -0.1) is 0 Å². The molecule has 2 aliphatic heterocycles. The Kier molecular flexibility index (Phi) is 4.99. The van der Waals surface area contributed by atoms with Crippen LogP contribution in [0.2, 0.25) is 0 Å². The maximum absolute atomic E-state index is 11.9. The fourth-order valence-electron chi connectivity index (χ4n) is 2.69. The van der Waals surface area contributed by atoms with Crippen molar-refractivity contribution in [2.75, 3.05) is 26.2 Å². The summed E-state index contributed by atoms with van der Waals surface area (Å²) in [5, 5.41) is 13.0. The number of carbonyl (C=O) groups excluding carboxylic acids is 2. The maximum Gasteiger partial charge on any atom is 0.239 e. The summed E-state index contributed by atoms with van der Waals surface area (Å²) in [5.74, 6) is -0.165. The molecule has 0 bridgehead atoms. The van der Waals surface area contributed by atoms with Crippen LogP contribution >= 0.6 is 0 Å². The smallest absolute Gasteiger partial charge is 0.239 e. The van der Waals surface area contributed by atoms with E-state index in [4.69, 9.17) is 4.74 Å². The fraction of sp³-hybridized carbons (Fsp3) is 0.857. The fourth-order valence-corrected chi connectivity index (χ4v) is 2.69. The molecule has 2 fully saturated rings. The zero-order valence-corrected chi connectivity index (χ0v) is 12.1. The standard InChI is InChI=1S/C14H24N2O4/c1-11-14(19,6-8-20-11)10-15-12(17)9-16-7-4-2-3-5-13(16)18/h11,19H,2-10H2,1H3,(H,15,17). The molecular formula is C14H24N2O4. The number of hydrogen-bond acceptors (Lipinski definition) is 4. The number of nitrogens with one attached hydrogen (secondary N) is 1. The van der Waals surface area contributed by atoms with Crippen LogP contribution in [0.25, 0.3) is 0 Å². The van der Waals surface area contributed by atoms with Crippen LogP contribution in [-0.4, -0.2) is 59.8 Å². The van der Waals surface area contributed by atoms with Crippen molar-refractivity contribution in [1.82, 2.24) is 10.2 Å². The normalized spacial score (nSPS) is 31.2. The van der Waals surface area contributed by atoms with Gasteiger partial charge in [0.15, 0.2) is 0 Å². The van der Waals surface area contributed by atoms with Gasteiger partial charge in [-0.2, -0.15) is 0 Å². The van der Waals surface area contributed by atoms with Crippen molar-refractivity contribution in [1.29, 1.82) is 0 Å². The molecule has 114 valence electrons. The highest BCUT2D eigenvalue weighted by Crippen LogP contribution is 2.24. The van der Waals surface area contributed by atoms with Gasteiger partial charge >= 0.3 is 0 Å². The highest BCUT2D eigenvalue weighted by Gasteiger charge is 2.39. The van der Waals surface area contributed by atoms with E-state index >= 15 is 0 Å². The molecule has 20 heavy (non-hydrogen) atoms. The van der Waals surface area contributed by atoms with Gasteiger partial charge < -0.3 is 20.1 Å². The number of ether oxygens (including phenoxy) is 1. The zero-order chi connectivity index (χ0) is 14.6. The molecule has 0 spiro atoms. The molecule has 2 unspecified atom stereocenters. The maximum atomic E-state index is 11.9. The third-order valence-electron chi connectivity index (χ3n) is 4.26. The molecule has 2 N–H and O–H groups in total. The Morgan fingerprint density at radius 1 is 1.50 bits per heavy atom. The lowest BCUT2D eigenvalue weighted by Gasteiger charge is -2.27. The van der Waals surface area contributed by atoms with Crippen LogP contribution in [0.5, 0.6) is 0 Å². The van der Waals surface area contributed by atoms with Gasteiger partial charge in [-0.25, -0.2) is 0 Å². The second-order valence-electron chi connectivity index (χ2n) is 5.77. The van der Waals surface area contributed by atoms with Gasteiger partial charge in [0.1, 0.15) is 5.60 Å². The van der Waals surface area contributed by atoms with Crippen LogP contribution in [-0.2, 0) is 14.3 Å². The number of hydrogen-bond donors (Lipinski definition) is 2. The second-order valence-corrected chi connectivity index (χ2v) is 5.77. The summed E-state index contributed by atoms with van der Waals surface area (Å²) in [6, 6.07) is 0. The van der Waals surface area contributed by atoms with Crippen LogP contribution in [0, 0.1) is 0 Å². The summed E-state index contributed by atoms with van der Waals surface area (Å²) in [5.41, 5.74) is -0.988. The molecule has 2 saturated heterocycles. The number of nitrogens with zero attached hydrogens (tertiary/aromatic N) is 1. The van der Waals surface area contributed by atoms with Crippen molar-refractivity contribution in [3.05, 3.63) is 0 Å². The van der Waals surface area contributed by atoms with E-state index in [0.29, 0.717) is 26.0 Å². The van der Waals surface area contributed by atoms with Crippen LogP contribution in [0.4, 0.5) is 0 Å². The molecule has 2 amide bonds. The number of amides is 2. The largest absolute Gasteiger partial charge is 0.385 e. The summed E-state index contributed by atoms with van der Waals surface area (Å²) in [4.78, 5) is 25.3. The lowest BCUT2D eigenvalue weighted by atomic mass is 9.97.